The van der Waals surface area contributed by atoms with Crippen LogP contribution in [0.4, 0.5) is 22.0 Å². The van der Waals surface area contributed by atoms with Crippen LogP contribution in [0.3, 0.4) is 0 Å². The second-order valence-electron chi connectivity index (χ2n) is 7.18. The van der Waals surface area contributed by atoms with Crippen LogP contribution < -0.4 is 5.56 Å². The second-order valence-corrected chi connectivity index (χ2v) is 7.18. The van der Waals surface area contributed by atoms with Crippen molar-refractivity contribution >= 4 is 21.9 Å². The molecule has 4 aromatic rings. The minimum absolute atomic E-state index is 0.0704. The largest absolute Gasteiger partial charge is 0.416 e. The van der Waals surface area contributed by atoms with Crippen LogP contribution in [0.5, 0.6) is 0 Å². The number of hydrogen-bond acceptors (Lipinski definition) is 3. The molecule has 5 nitrogen and oxygen atoms in total. The van der Waals surface area contributed by atoms with Crippen molar-refractivity contribution in [2.24, 2.45) is 0 Å². The molecule has 154 valence electrons. The zero-order chi connectivity index (χ0) is 21.2. The van der Waals surface area contributed by atoms with E-state index in [1.165, 1.54) is 0 Å². The predicted octanol–water partition coefficient (Wildman–Crippen LogP) is 5.03. The van der Waals surface area contributed by atoms with Crippen LogP contribution >= 0.6 is 0 Å². The summed E-state index contributed by atoms with van der Waals surface area (Å²) in [6.07, 6.45) is -0.584. The van der Waals surface area contributed by atoms with Crippen LogP contribution in [0.1, 0.15) is 36.6 Å². The number of benzene rings is 1. The molecule has 1 saturated carbocycles. The third-order valence-electron chi connectivity index (χ3n) is 5.25. The SMILES string of the molecule is O=c1c2ncn(C(F)F)c2c2ccc(C(F)(F)F)cc2n1-c1cccnc1C1CC1. The van der Waals surface area contributed by atoms with Gasteiger partial charge >= 0.3 is 12.7 Å². The van der Waals surface area contributed by atoms with Gasteiger partial charge in [-0.1, -0.05) is 6.07 Å². The van der Waals surface area contributed by atoms with Crippen molar-refractivity contribution < 1.29 is 22.0 Å². The molecule has 0 bridgehead atoms. The lowest BCUT2D eigenvalue weighted by atomic mass is 10.1. The maximum atomic E-state index is 13.5. The smallest absolute Gasteiger partial charge is 0.273 e. The minimum Gasteiger partial charge on any atom is -0.273 e. The van der Waals surface area contributed by atoms with E-state index in [9.17, 15) is 26.7 Å². The molecule has 1 aromatic carbocycles. The highest BCUT2D eigenvalue weighted by molar-refractivity contribution is 6.03. The van der Waals surface area contributed by atoms with Gasteiger partial charge in [0, 0.05) is 17.5 Å². The van der Waals surface area contributed by atoms with E-state index in [4.69, 9.17) is 0 Å². The number of pyridine rings is 2. The lowest BCUT2D eigenvalue weighted by Gasteiger charge is -2.16. The minimum atomic E-state index is -4.67. The molecule has 0 unspecified atom stereocenters. The Kier molecular flexibility index (Phi) is 3.96. The molecule has 3 heterocycles. The van der Waals surface area contributed by atoms with Gasteiger partial charge in [0.25, 0.3) is 5.56 Å². The van der Waals surface area contributed by atoms with E-state index >= 15 is 0 Å². The Balaban J connectivity index is 1.96. The zero-order valence-electron chi connectivity index (χ0n) is 15.2. The number of hydrogen-bond donors (Lipinski definition) is 0. The molecule has 0 N–H and O–H groups in total. The third-order valence-corrected chi connectivity index (χ3v) is 5.25. The molecule has 1 fully saturated rings. The van der Waals surface area contributed by atoms with Crippen molar-refractivity contribution in [3.63, 3.8) is 0 Å². The van der Waals surface area contributed by atoms with Crippen molar-refractivity contribution in [1.82, 2.24) is 19.1 Å². The third kappa shape index (κ3) is 2.78. The van der Waals surface area contributed by atoms with Gasteiger partial charge in [0.1, 0.15) is 6.33 Å². The Morgan fingerprint density at radius 1 is 1.10 bits per heavy atom. The highest BCUT2D eigenvalue weighted by Gasteiger charge is 2.33. The molecule has 3 aromatic heterocycles. The summed E-state index contributed by atoms with van der Waals surface area (Å²) in [5.74, 6) is 0.100. The number of fused-ring (bicyclic) bond motifs is 3. The van der Waals surface area contributed by atoms with E-state index < -0.39 is 23.8 Å². The first-order valence-electron chi connectivity index (χ1n) is 9.13. The fourth-order valence-corrected chi connectivity index (χ4v) is 3.75. The molecular formula is C20H13F5N4O. The highest BCUT2D eigenvalue weighted by Crippen LogP contribution is 2.42. The Bertz CT molecular complexity index is 1350. The van der Waals surface area contributed by atoms with Crippen LogP contribution in [0.15, 0.2) is 47.7 Å². The van der Waals surface area contributed by atoms with Gasteiger partial charge in [-0.2, -0.15) is 22.0 Å². The van der Waals surface area contributed by atoms with Gasteiger partial charge in [-0.3, -0.25) is 18.9 Å². The molecular weight excluding hydrogens is 407 g/mol. The number of halogens is 5. The van der Waals surface area contributed by atoms with E-state index in [2.05, 4.69) is 9.97 Å². The first-order chi connectivity index (χ1) is 14.3. The molecule has 0 saturated heterocycles. The van der Waals surface area contributed by atoms with Crippen molar-refractivity contribution in [2.45, 2.75) is 31.5 Å². The summed E-state index contributed by atoms with van der Waals surface area (Å²) >= 11 is 0. The maximum absolute atomic E-state index is 13.5. The number of alkyl halides is 5. The first kappa shape index (κ1) is 18.7. The van der Waals surface area contributed by atoms with Gasteiger partial charge < -0.3 is 0 Å². The Morgan fingerprint density at radius 3 is 2.53 bits per heavy atom. The lowest BCUT2D eigenvalue weighted by Crippen LogP contribution is -2.22. The Labute approximate surface area is 165 Å². The normalized spacial score (nSPS) is 14.9. The van der Waals surface area contributed by atoms with Crippen molar-refractivity contribution in [2.75, 3.05) is 0 Å². The number of imidazole rings is 1. The van der Waals surface area contributed by atoms with Gasteiger partial charge in [-0.15, -0.1) is 0 Å². The fraction of sp³-hybridized carbons (Fsp3) is 0.250. The molecule has 0 spiro atoms. The molecule has 5 rings (SSSR count). The molecule has 1 aliphatic rings. The van der Waals surface area contributed by atoms with Crippen LogP contribution in [-0.2, 0) is 6.18 Å². The monoisotopic (exact) mass is 420 g/mol. The van der Waals surface area contributed by atoms with Gasteiger partial charge in [-0.05, 0) is 37.1 Å². The van der Waals surface area contributed by atoms with E-state index in [1.54, 1.807) is 18.3 Å². The number of nitrogens with zero attached hydrogens (tertiary/aromatic N) is 4. The molecule has 10 heteroatoms. The molecule has 1 aliphatic carbocycles. The standard InChI is InChI=1S/C20H13F5N4O/c21-19(22)28-9-27-16-17(28)12-6-5-11(20(23,24)25)8-14(12)29(18(16)30)13-2-1-7-26-15(13)10-3-4-10/h1-2,5-10,19H,3-4H2. The van der Waals surface area contributed by atoms with Crippen molar-refractivity contribution in [3.8, 4) is 5.69 Å². The predicted molar refractivity (Wildman–Crippen MR) is 98.9 cm³/mol. The van der Waals surface area contributed by atoms with Gasteiger partial charge in [0.05, 0.1) is 28.0 Å². The first-order valence-corrected chi connectivity index (χ1v) is 9.13. The van der Waals surface area contributed by atoms with Crippen LogP contribution in [0.25, 0.3) is 27.6 Å². The van der Waals surface area contributed by atoms with E-state index in [1.807, 2.05) is 0 Å². The molecule has 0 radical (unpaired) electrons. The lowest BCUT2D eigenvalue weighted by molar-refractivity contribution is -0.137. The van der Waals surface area contributed by atoms with E-state index in [0.717, 1.165) is 41.9 Å². The summed E-state index contributed by atoms with van der Waals surface area (Å²) in [6, 6.07) is 5.89. The van der Waals surface area contributed by atoms with Crippen LogP contribution in [0, 0.1) is 0 Å². The Hall–Kier alpha value is -3.30. The Morgan fingerprint density at radius 2 is 1.87 bits per heavy atom. The molecule has 0 amide bonds. The molecule has 30 heavy (non-hydrogen) atoms. The quantitative estimate of drug-likeness (QED) is 0.437. The summed E-state index contributed by atoms with van der Waals surface area (Å²) in [6.45, 7) is -3.00. The molecule has 0 atom stereocenters. The van der Waals surface area contributed by atoms with Crippen LogP contribution in [-0.4, -0.2) is 19.1 Å². The molecule has 0 aliphatic heterocycles. The van der Waals surface area contributed by atoms with E-state index in [-0.39, 0.29) is 27.9 Å². The summed E-state index contributed by atoms with van der Waals surface area (Å²) in [7, 11) is 0. The summed E-state index contributed by atoms with van der Waals surface area (Å²) in [5.41, 5.74) is -1.40. The second kappa shape index (κ2) is 6.35. The maximum Gasteiger partial charge on any atom is 0.416 e. The zero-order valence-corrected chi connectivity index (χ0v) is 15.2. The van der Waals surface area contributed by atoms with Crippen LogP contribution in [0.2, 0.25) is 0 Å². The number of aromatic nitrogens is 4. The van der Waals surface area contributed by atoms with Gasteiger partial charge in [-0.25, -0.2) is 4.98 Å². The summed E-state index contributed by atoms with van der Waals surface area (Å²) < 4.78 is 68.7. The summed E-state index contributed by atoms with van der Waals surface area (Å²) in [4.78, 5) is 21.4. The fourth-order valence-electron chi connectivity index (χ4n) is 3.75. The average molecular weight is 420 g/mol. The average Bonchev–Trinajstić information content (AvgIpc) is 3.44. The van der Waals surface area contributed by atoms with Crippen molar-refractivity contribution in [1.29, 1.82) is 0 Å². The van der Waals surface area contributed by atoms with E-state index in [0.29, 0.717) is 15.9 Å². The topological polar surface area (TPSA) is 52.7 Å². The number of rotatable bonds is 3. The highest BCUT2D eigenvalue weighted by atomic mass is 19.4. The van der Waals surface area contributed by atoms with Gasteiger partial charge in [0.15, 0.2) is 5.52 Å². The van der Waals surface area contributed by atoms with Crippen molar-refractivity contribution in [3.05, 3.63) is 64.5 Å². The van der Waals surface area contributed by atoms with Gasteiger partial charge in [0.2, 0.25) is 0 Å². The summed E-state index contributed by atoms with van der Waals surface area (Å²) in [5, 5.41) is 0.0704.